The Hall–Kier alpha value is -0.620. The molecule has 1 unspecified atom stereocenters. The Morgan fingerprint density at radius 1 is 1.38 bits per heavy atom. The van der Waals surface area contributed by atoms with Gasteiger partial charge >= 0.3 is 0 Å². The van der Waals surface area contributed by atoms with Crippen LogP contribution in [0.5, 0.6) is 0 Å². The van der Waals surface area contributed by atoms with Crippen molar-refractivity contribution in [2.75, 3.05) is 24.6 Å². The summed E-state index contributed by atoms with van der Waals surface area (Å²) in [6.07, 6.45) is 1.63. The molecule has 0 heterocycles. The molecule has 0 saturated carbocycles. The van der Waals surface area contributed by atoms with Gasteiger partial charge in [0.05, 0.1) is 11.7 Å². The summed E-state index contributed by atoms with van der Waals surface area (Å²) in [5.41, 5.74) is 5.46. The van der Waals surface area contributed by atoms with E-state index >= 15 is 0 Å². The Kier molecular flexibility index (Phi) is 7.33. The average molecular weight is 250 g/mol. The summed E-state index contributed by atoms with van der Waals surface area (Å²) in [6, 6.07) is 0. The van der Waals surface area contributed by atoms with Crippen molar-refractivity contribution in [3.8, 4) is 0 Å². The molecule has 96 valence electrons. The maximum atomic E-state index is 11.6. The van der Waals surface area contributed by atoms with Crippen molar-refractivity contribution in [2.45, 2.75) is 26.7 Å². The second-order valence-electron chi connectivity index (χ2n) is 3.75. The van der Waals surface area contributed by atoms with Crippen LogP contribution in [0.15, 0.2) is 0 Å². The fourth-order valence-corrected chi connectivity index (χ4v) is 2.02. The molecule has 0 aromatic heterocycles. The Balaban J connectivity index is 3.97. The van der Waals surface area contributed by atoms with Crippen LogP contribution in [0.4, 0.5) is 0 Å². The first-order chi connectivity index (χ1) is 7.46. The second-order valence-corrected chi connectivity index (χ2v) is 6.22. The lowest BCUT2D eigenvalue weighted by Gasteiger charge is -2.13. The SMILES string of the molecule is CCCC(CN)C(=O)NCCS(=O)(=O)CC. The van der Waals surface area contributed by atoms with Gasteiger partial charge in [0.25, 0.3) is 0 Å². The third kappa shape index (κ3) is 6.07. The van der Waals surface area contributed by atoms with Gasteiger partial charge in [0, 0.05) is 18.8 Å². The summed E-state index contributed by atoms with van der Waals surface area (Å²) in [6.45, 7) is 4.06. The molecule has 0 radical (unpaired) electrons. The van der Waals surface area contributed by atoms with E-state index < -0.39 is 9.84 Å². The van der Waals surface area contributed by atoms with Gasteiger partial charge in [0.15, 0.2) is 9.84 Å². The van der Waals surface area contributed by atoms with Crippen LogP contribution in [0.3, 0.4) is 0 Å². The zero-order chi connectivity index (χ0) is 12.6. The molecule has 6 heteroatoms. The normalized spacial score (nSPS) is 13.4. The van der Waals surface area contributed by atoms with Crippen LogP contribution < -0.4 is 11.1 Å². The van der Waals surface area contributed by atoms with Gasteiger partial charge in [0.2, 0.25) is 5.91 Å². The van der Waals surface area contributed by atoms with E-state index in [9.17, 15) is 13.2 Å². The summed E-state index contributed by atoms with van der Waals surface area (Å²) >= 11 is 0. The molecule has 0 fully saturated rings. The van der Waals surface area contributed by atoms with Gasteiger partial charge in [-0.3, -0.25) is 4.79 Å². The van der Waals surface area contributed by atoms with Crippen molar-refractivity contribution in [2.24, 2.45) is 11.7 Å². The van der Waals surface area contributed by atoms with Crippen molar-refractivity contribution in [3.05, 3.63) is 0 Å². The number of amides is 1. The lowest BCUT2D eigenvalue weighted by Crippen LogP contribution is -2.37. The number of carbonyl (C=O) groups excluding carboxylic acids is 1. The highest BCUT2D eigenvalue weighted by Crippen LogP contribution is 2.03. The van der Waals surface area contributed by atoms with Crippen LogP contribution in [0.2, 0.25) is 0 Å². The van der Waals surface area contributed by atoms with E-state index in [1.165, 1.54) is 0 Å². The molecular weight excluding hydrogens is 228 g/mol. The molecule has 0 aromatic rings. The molecule has 0 aliphatic rings. The van der Waals surface area contributed by atoms with Crippen molar-refractivity contribution >= 4 is 15.7 Å². The van der Waals surface area contributed by atoms with Crippen molar-refractivity contribution in [1.29, 1.82) is 0 Å². The van der Waals surface area contributed by atoms with Crippen LogP contribution in [0.1, 0.15) is 26.7 Å². The van der Waals surface area contributed by atoms with Gasteiger partial charge in [-0.1, -0.05) is 20.3 Å². The zero-order valence-corrected chi connectivity index (χ0v) is 10.8. The minimum Gasteiger partial charge on any atom is -0.355 e. The van der Waals surface area contributed by atoms with Gasteiger partial charge in [-0.25, -0.2) is 8.42 Å². The first-order valence-corrected chi connectivity index (χ1v) is 7.47. The topological polar surface area (TPSA) is 89.3 Å². The number of carbonyl (C=O) groups is 1. The standard InChI is InChI=1S/C10H22N2O3S/c1-3-5-9(8-11)10(13)12-6-7-16(14,15)4-2/h9H,3-8,11H2,1-2H3,(H,12,13). The summed E-state index contributed by atoms with van der Waals surface area (Å²) < 4.78 is 22.3. The Bertz CT molecular complexity index is 301. The molecule has 1 amide bonds. The predicted octanol–water partition coefficient (Wildman–Crippen LogP) is -0.0877. The van der Waals surface area contributed by atoms with E-state index in [1.807, 2.05) is 6.92 Å². The van der Waals surface area contributed by atoms with Crippen molar-refractivity contribution < 1.29 is 13.2 Å². The number of sulfone groups is 1. The van der Waals surface area contributed by atoms with Crippen molar-refractivity contribution in [3.63, 3.8) is 0 Å². The van der Waals surface area contributed by atoms with E-state index in [0.29, 0.717) is 6.54 Å². The highest BCUT2D eigenvalue weighted by atomic mass is 32.2. The van der Waals surface area contributed by atoms with Gasteiger partial charge in [0.1, 0.15) is 0 Å². The summed E-state index contributed by atoms with van der Waals surface area (Å²) in [7, 11) is -3.01. The third-order valence-electron chi connectivity index (χ3n) is 2.44. The van der Waals surface area contributed by atoms with Crippen LogP contribution in [0.25, 0.3) is 0 Å². The quantitative estimate of drug-likeness (QED) is 0.630. The Morgan fingerprint density at radius 3 is 2.44 bits per heavy atom. The van der Waals surface area contributed by atoms with E-state index in [1.54, 1.807) is 6.92 Å². The van der Waals surface area contributed by atoms with Crippen LogP contribution >= 0.6 is 0 Å². The summed E-state index contributed by atoms with van der Waals surface area (Å²) in [4.78, 5) is 11.6. The molecule has 5 nitrogen and oxygen atoms in total. The number of rotatable bonds is 8. The Morgan fingerprint density at radius 2 is 2.00 bits per heavy atom. The average Bonchev–Trinajstić information content (AvgIpc) is 2.25. The monoisotopic (exact) mass is 250 g/mol. The number of hydrogen-bond donors (Lipinski definition) is 2. The lowest BCUT2D eigenvalue weighted by atomic mass is 10.0. The first-order valence-electron chi connectivity index (χ1n) is 5.65. The molecule has 0 aliphatic heterocycles. The largest absolute Gasteiger partial charge is 0.355 e. The molecule has 0 aromatic carbocycles. The Labute approximate surface area is 97.7 Å². The summed E-state index contributed by atoms with van der Waals surface area (Å²) in [5, 5.41) is 2.61. The summed E-state index contributed by atoms with van der Waals surface area (Å²) in [5.74, 6) is -0.235. The van der Waals surface area contributed by atoms with Crippen LogP contribution in [-0.2, 0) is 14.6 Å². The minimum atomic E-state index is -3.01. The number of nitrogens with two attached hydrogens (primary N) is 1. The van der Waals surface area contributed by atoms with Crippen LogP contribution in [0, 0.1) is 5.92 Å². The molecule has 0 aliphatic carbocycles. The molecule has 3 N–H and O–H groups in total. The van der Waals surface area contributed by atoms with Gasteiger partial charge < -0.3 is 11.1 Å². The highest BCUT2D eigenvalue weighted by Gasteiger charge is 2.16. The van der Waals surface area contributed by atoms with Gasteiger partial charge in [-0.15, -0.1) is 0 Å². The van der Waals surface area contributed by atoms with Gasteiger partial charge in [-0.05, 0) is 6.42 Å². The molecule has 0 rings (SSSR count). The fraction of sp³-hybridized carbons (Fsp3) is 0.900. The molecule has 0 bridgehead atoms. The van der Waals surface area contributed by atoms with Gasteiger partial charge in [-0.2, -0.15) is 0 Å². The van der Waals surface area contributed by atoms with E-state index in [4.69, 9.17) is 5.73 Å². The highest BCUT2D eigenvalue weighted by molar-refractivity contribution is 7.91. The van der Waals surface area contributed by atoms with E-state index in [2.05, 4.69) is 5.32 Å². The van der Waals surface area contributed by atoms with E-state index in [-0.39, 0.29) is 29.9 Å². The zero-order valence-electron chi connectivity index (χ0n) is 10.0. The fourth-order valence-electron chi connectivity index (χ4n) is 1.32. The molecule has 0 saturated heterocycles. The molecule has 16 heavy (non-hydrogen) atoms. The smallest absolute Gasteiger partial charge is 0.224 e. The molecule has 0 spiro atoms. The maximum Gasteiger partial charge on any atom is 0.224 e. The number of hydrogen-bond acceptors (Lipinski definition) is 4. The second kappa shape index (κ2) is 7.62. The third-order valence-corrected chi connectivity index (χ3v) is 4.15. The van der Waals surface area contributed by atoms with Crippen LogP contribution in [-0.4, -0.2) is 38.9 Å². The first kappa shape index (κ1) is 15.4. The minimum absolute atomic E-state index is 0.00133. The molecule has 1 atom stereocenters. The number of nitrogens with one attached hydrogen (secondary N) is 1. The lowest BCUT2D eigenvalue weighted by molar-refractivity contribution is -0.124. The maximum absolute atomic E-state index is 11.6. The predicted molar refractivity (Wildman–Crippen MR) is 64.8 cm³/mol. The molecular formula is C10H22N2O3S. The van der Waals surface area contributed by atoms with Crippen molar-refractivity contribution in [1.82, 2.24) is 5.32 Å². The van der Waals surface area contributed by atoms with E-state index in [0.717, 1.165) is 12.8 Å².